The molecule has 0 heterocycles. The zero-order valence-electron chi connectivity index (χ0n) is 15.0. The Bertz CT molecular complexity index is 783. The lowest BCUT2D eigenvalue weighted by Crippen LogP contribution is -2.32. The molecule has 136 valence electrons. The van der Waals surface area contributed by atoms with Crippen LogP contribution in [-0.2, 0) is 9.59 Å². The van der Waals surface area contributed by atoms with Crippen LogP contribution in [-0.4, -0.2) is 38.4 Å². The van der Waals surface area contributed by atoms with Gasteiger partial charge in [0.15, 0.2) is 0 Å². The Morgan fingerprint density at radius 3 is 1.92 bits per heavy atom. The number of carbonyl (C=O) groups excluding carboxylic acids is 3. The van der Waals surface area contributed by atoms with Crippen LogP contribution in [0.4, 0.5) is 17.1 Å². The van der Waals surface area contributed by atoms with Gasteiger partial charge in [0.05, 0.1) is 6.54 Å². The van der Waals surface area contributed by atoms with E-state index in [1.807, 2.05) is 31.1 Å². The van der Waals surface area contributed by atoms with Crippen LogP contribution >= 0.6 is 0 Å². The molecule has 2 aromatic carbocycles. The van der Waals surface area contributed by atoms with Gasteiger partial charge in [0.25, 0.3) is 5.91 Å². The molecule has 0 saturated heterocycles. The summed E-state index contributed by atoms with van der Waals surface area (Å²) in [5, 5.41) is 7.91. The zero-order valence-corrected chi connectivity index (χ0v) is 15.0. The van der Waals surface area contributed by atoms with Gasteiger partial charge in [0.2, 0.25) is 11.8 Å². The van der Waals surface area contributed by atoms with E-state index in [2.05, 4.69) is 16.0 Å². The number of rotatable bonds is 6. The number of carbonyl (C=O) groups is 3. The molecule has 3 N–H and O–H groups in total. The van der Waals surface area contributed by atoms with Crippen molar-refractivity contribution in [2.45, 2.75) is 6.92 Å². The van der Waals surface area contributed by atoms with Crippen molar-refractivity contribution in [3.63, 3.8) is 0 Å². The molecule has 7 heteroatoms. The lowest BCUT2D eigenvalue weighted by molar-refractivity contribution is -0.115. The largest absolute Gasteiger partial charge is 0.378 e. The molecule has 7 nitrogen and oxygen atoms in total. The smallest absolute Gasteiger partial charge is 0.251 e. The summed E-state index contributed by atoms with van der Waals surface area (Å²) in [7, 11) is 3.87. The maximum atomic E-state index is 12.1. The summed E-state index contributed by atoms with van der Waals surface area (Å²) in [5.74, 6) is -0.860. The highest BCUT2D eigenvalue weighted by molar-refractivity contribution is 5.99. The number of hydrogen-bond acceptors (Lipinski definition) is 4. The molecule has 26 heavy (non-hydrogen) atoms. The number of nitrogens with zero attached hydrogens (tertiary/aromatic N) is 1. The number of amides is 3. The number of anilines is 3. The van der Waals surface area contributed by atoms with Crippen molar-refractivity contribution in [3.8, 4) is 0 Å². The molecule has 0 atom stereocenters. The summed E-state index contributed by atoms with van der Waals surface area (Å²) in [6.07, 6.45) is 0. The standard InChI is InChI=1S/C19H22N4O3/c1-13(24)21-15-6-4-14(5-7-15)19(26)20-12-18(25)22-16-8-10-17(11-9-16)23(2)3/h4-11H,12H2,1-3H3,(H,20,26)(H,21,24)(H,22,25). The molecule has 0 aliphatic heterocycles. The van der Waals surface area contributed by atoms with Crippen LogP contribution in [0.15, 0.2) is 48.5 Å². The number of benzene rings is 2. The molecule has 0 bridgehead atoms. The SMILES string of the molecule is CC(=O)Nc1ccc(C(=O)NCC(=O)Nc2ccc(N(C)C)cc2)cc1. The summed E-state index contributed by atoms with van der Waals surface area (Å²) in [6, 6.07) is 13.8. The van der Waals surface area contributed by atoms with Gasteiger partial charge in [0.1, 0.15) is 0 Å². The van der Waals surface area contributed by atoms with Gasteiger partial charge in [-0.05, 0) is 48.5 Å². The van der Waals surface area contributed by atoms with Crippen molar-refractivity contribution in [1.82, 2.24) is 5.32 Å². The Morgan fingerprint density at radius 1 is 0.846 bits per heavy atom. The van der Waals surface area contributed by atoms with Gasteiger partial charge >= 0.3 is 0 Å². The highest BCUT2D eigenvalue weighted by Crippen LogP contribution is 2.15. The van der Waals surface area contributed by atoms with Crippen molar-refractivity contribution < 1.29 is 14.4 Å². The maximum Gasteiger partial charge on any atom is 0.251 e. The minimum atomic E-state index is -0.363. The van der Waals surface area contributed by atoms with Gasteiger partial charge in [-0.3, -0.25) is 14.4 Å². The first-order valence-electron chi connectivity index (χ1n) is 8.08. The maximum absolute atomic E-state index is 12.1. The van der Waals surface area contributed by atoms with Crippen molar-refractivity contribution in [3.05, 3.63) is 54.1 Å². The fourth-order valence-corrected chi connectivity index (χ4v) is 2.22. The molecule has 0 aromatic heterocycles. The van der Waals surface area contributed by atoms with Crippen molar-refractivity contribution >= 4 is 34.8 Å². The molecule has 0 saturated carbocycles. The second-order valence-electron chi connectivity index (χ2n) is 5.93. The summed E-state index contributed by atoms with van der Waals surface area (Å²) < 4.78 is 0. The van der Waals surface area contributed by atoms with E-state index >= 15 is 0 Å². The summed E-state index contributed by atoms with van der Waals surface area (Å²) in [6.45, 7) is 1.27. The predicted molar refractivity (Wildman–Crippen MR) is 102 cm³/mol. The third-order valence-corrected chi connectivity index (χ3v) is 3.54. The molecule has 3 amide bonds. The minimum absolute atomic E-state index is 0.137. The van der Waals surface area contributed by atoms with Crippen molar-refractivity contribution in [1.29, 1.82) is 0 Å². The first-order valence-corrected chi connectivity index (χ1v) is 8.08. The molecule has 0 fully saturated rings. The van der Waals surface area contributed by atoms with E-state index in [4.69, 9.17) is 0 Å². The molecule has 0 spiro atoms. The van der Waals surface area contributed by atoms with E-state index in [1.165, 1.54) is 6.92 Å². The Balaban J connectivity index is 1.84. The Kier molecular flexibility index (Phi) is 6.32. The predicted octanol–water partition coefficient (Wildman–Crippen LogP) is 2.08. The van der Waals surface area contributed by atoms with Crippen molar-refractivity contribution in [2.24, 2.45) is 0 Å². The first kappa shape index (κ1) is 19.0. The molecular weight excluding hydrogens is 332 g/mol. The first-order chi connectivity index (χ1) is 12.3. The topological polar surface area (TPSA) is 90.5 Å². The zero-order chi connectivity index (χ0) is 19.1. The molecule has 0 unspecified atom stereocenters. The van der Waals surface area contributed by atoms with Crippen LogP contribution < -0.4 is 20.9 Å². The fraction of sp³-hybridized carbons (Fsp3) is 0.211. The summed E-state index contributed by atoms with van der Waals surface area (Å²) in [5.41, 5.74) is 2.70. The molecule has 0 aliphatic rings. The van der Waals surface area contributed by atoms with E-state index in [9.17, 15) is 14.4 Å². The van der Waals surface area contributed by atoms with Gasteiger partial charge in [-0.15, -0.1) is 0 Å². The summed E-state index contributed by atoms with van der Waals surface area (Å²) >= 11 is 0. The molecule has 2 rings (SSSR count). The number of hydrogen-bond donors (Lipinski definition) is 3. The van der Waals surface area contributed by atoms with E-state index < -0.39 is 0 Å². The van der Waals surface area contributed by atoms with Crippen LogP contribution in [0, 0.1) is 0 Å². The van der Waals surface area contributed by atoms with Crippen LogP contribution in [0.1, 0.15) is 17.3 Å². The minimum Gasteiger partial charge on any atom is -0.378 e. The van der Waals surface area contributed by atoms with E-state index in [-0.39, 0.29) is 24.3 Å². The molecular formula is C19H22N4O3. The fourth-order valence-electron chi connectivity index (χ4n) is 2.22. The molecule has 2 aromatic rings. The number of nitrogens with one attached hydrogen (secondary N) is 3. The summed E-state index contributed by atoms with van der Waals surface area (Å²) in [4.78, 5) is 37.0. The Hall–Kier alpha value is -3.35. The van der Waals surface area contributed by atoms with E-state index in [1.54, 1.807) is 36.4 Å². The lowest BCUT2D eigenvalue weighted by atomic mass is 10.2. The van der Waals surface area contributed by atoms with Crippen LogP contribution in [0.2, 0.25) is 0 Å². The third-order valence-electron chi connectivity index (χ3n) is 3.54. The van der Waals surface area contributed by atoms with Gasteiger partial charge < -0.3 is 20.9 Å². The molecule has 0 radical (unpaired) electrons. The van der Waals surface area contributed by atoms with Gasteiger partial charge in [0, 0.05) is 43.6 Å². The van der Waals surface area contributed by atoms with E-state index in [0.717, 1.165) is 5.69 Å². The second-order valence-corrected chi connectivity index (χ2v) is 5.93. The Labute approximate surface area is 152 Å². The van der Waals surface area contributed by atoms with Gasteiger partial charge in [-0.1, -0.05) is 0 Å². The van der Waals surface area contributed by atoms with Crippen molar-refractivity contribution in [2.75, 3.05) is 36.2 Å². The average Bonchev–Trinajstić information content (AvgIpc) is 2.60. The Morgan fingerprint density at radius 2 is 1.38 bits per heavy atom. The van der Waals surface area contributed by atoms with Crippen LogP contribution in [0.5, 0.6) is 0 Å². The highest BCUT2D eigenvalue weighted by atomic mass is 16.2. The quantitative estimate of drug-likeness (QED) is 0.741. The monoisotopic (exact) mass is 354 g/mol. The molecule has 0 aliphatic carbocycles. The van der Waals surface area contributed by atoms with Crippen LogP contribution in [0.3, 0.4) is 0 Å². The van der Waals surface area contributed by atoms with Gasteiger partial charge in [-0.25, -0.2) is 0 Å². The lowest BCUT2D eigenvalue weighted by Gasteiger charge is -2.13. The van der Waals surface area contributed by atoms with Gasteiger partial charge in [-0.2, -0.15) is 0 Å². The third kappa shape index (κ3) is 5.62. The average molecular weight is 354 g/mol. The van der Waals surface area contributed by atoms with E-state index in [0.29, 0.717) is 16.9 Å². The second kappa shape index (κ2) is 8.66. The van der Waals surface area contributed by atoms with Crippen LogP contribution in [0.25, 0.3) is 0 Å². The normalized spacial score (nSPS) is 9.96. The highest BCUT2D eigenvalue weighted by Gasteiger charge is 2.09.